The van der Waals surface area contributed by atoms with E-state index in [2.05, 4.69) is 5.32 Å². The van der Waals surface area contributed by atoms with Crippen LogP contribution in [0, 0.1) is 6.92 Å². The second-order valence-electron chi connectivity index (χ2n) is 5.82. The van der Waals surface area contributed by atoms with E-state index in [0.29, 0.717) is 11.3 Å². The maximum Gasteiger partial charge on any atom is 0.239 e. The number of hydrogen-bond acceptors (Lipinski definition) is 4. The van der Waals surface area contributed by atoms with E-state index in [4.69, 9.17) is 0 Å². The molecule has 3 rings (SSSR count). The molecule has 5 nitrogen and oxygen atoms in total. The number of anilines is 1. The van der Waals surface area contributed by atoms with Gasteiger partial charge in [0, 0.05) is 5.69 Å². The minimum Gasteiger partial charge on any atom is -0.508 e. The van der Waals surface area contributed by atoms with Gasteiger partial charge in [-0.2, -0.15) is 0 Å². The van der Waals surface area contributed by atoms with Crippen LogP contribution in [0.3, 0.4) is 0 Å². The molecule has 0 atom stereocenters. The van der Waals surface area contributed by atoms with Crippen molar-refractivity contribution in [2.24, 2.45) is 0 Å². The second kappa shape index (κ2) is 6.57. The first-order valence-electron chi connectivity index (χ1n) is 7.66. The van der Waals surface area contributed by atoms with Gasteiger partial charge in [-0.3, -0.25) is 4.79 Å². The molecule has 0 aromatic heterocycles. The summed E-state index contributed by atoms with van der Waals surface area (Å²) in [5.41, 5.74) is 1.03. The summed E-state index contributed by atoms with van der Waals surface area (Å²) in [5.74, 6) is -1.16. The summed E-state index contributed by atoms with van der Waals surface area (Å²) >= 11 is 0. The molecule has 3 aromatic carbocycles. The third-order valence-corrected chi connectivity index (χ3v) is 5.50. The van der Waals surface area contributed by atoms with E-state index < -0.39 is 21.5 Å². The maximum atomic E-state index is 12.5. The van der Waals surface area contributed by atoms with Crippen LogP contribution >= 0.6 is 0 Å². The van der Waals surface area contributed by atoms with Crippen molar-refractivity contribution in [3.05, 3.63) is 66.2 Å². The number of sulfone groups is 1. The molecule has 0 aliphatic heterocycles. The average Bonchev–Trinajstić information content (AvgIpc) is 2.57. The fourth-order valence-corrected chi connectivity index (χ4v) is 3.71. The normalized spacial score (nSPS) is 11.4. The van der Waals surface area contributed by atoms with E-state index in [0.717, 1.165) is 10.8 Å². The first kappa shape index (κ1) is 17.0. The van der Waals surface area contributed by atoms with Crippen molar-refractivity contribution in [1.29, 1.82) is 0 Å². The van der Waals surface area contributed by atoms with Gasteiger partial charge < -0.3 is 10.4 Å². The molecule has 0 saturated heterocycles. The molecule has 0 heterocycles. The monoisotopic (exact) mass is 355 g/mol. The number of amides is 1. The number of aryl methyl sites for hydroxylation is 1. The number of phenols is 1. The summed E-state index contributed by atoms with van der Waals surface area (Å²) in [4.78, 5) is 12.2. The Morgan fingerprint density at radius 2 is 1.72 bits per heavy atom. The quantitative estimate of drug-likeness (QED) is 0.704. The lowest BCUT2D eigenvalue weighted by Crippen LogP contribution is -2.23. The van der Waals surface area contributed by atoms with Crippen LogP contribution in [0.2, 0.25) is 0 Å². The Hall–Kier alpha value is -2.86. The molecule has 0 spiro atoms. The topological polar surface area (TPSA) is 83.5 Å². The molecule has 25 heavy (non-hydrogen) atoms. The number of rotatable bonds is 4. The Kier molecular flexibility index (Phi) is 4.46. The molecule has 128 valence electrons. The van der Waals surface area contributed by atoms with Crippen LogP contribution in [0.4, 0.5) is 5.69 Å². The van der Waals surface area contributed by atoms with Crippen LogP contribution in [-0.2, 0) is 14.6 Å². The molecule has 0 unspecified atom stereocenters. The predicted molar refractivity (Wildman–Crippen MR) is 97.5 cm³/mol. The predicted octanol–water partition coefficient (Wildman–Crippen LogP) is 3.27. The highest BCUT2D eigenvalue weighted by molar-refractivity contribution is 7.92. The molecule has 0 fully saturated rings. The summed E-state index contributed by atoms with van der Waals surface area (Å²) in [6, 6.07) is 16.8. The lowest BCUT2D eigenvalue weighted by molar-refractivity contribution is -0.113. The summed E-state index contributed by atoms with van der Waals surface area (Å²) in [7, 11) is -3.75. The Morgan fingerprint density at radius 3 is 2.44 bits per heavy atom. The number of carbonyl (C=O) groups is 1. The van der Waals surface area contributed by atoms with Gasteiger partial charge in [0.15, 0.2) is 9.84 Å². The Bertz CT molecular complexity index is 1060. The van der Waals surface area contributed by atoms with Gasteiger partial charge in [-0.05, 0) is 53.6 Å². The smallest absolute Gasteiger partial charge is 0.239 e. The van der Waals surface area contributed by atoms with Crippen LogP contribution in [0.25, 0.3) is 10.8 Å². The molecule has 0 aliphatic carbocycles. The van der Waals surface area contributed by atoms with Crippen LogP contribution in [0.15, 0.2) is 65.6 Å². The zero-order chi connectivity index (χ0) is 18.0. The fraction of sp³-hybridized carbons (Fsp3) is 0.105. The van der Waals surface area contributed by atoms with Crippen molar-refractivity contribution >= 4 is 32.2 Å². The van der Waals surface area contributed by atoms with Crippen molar-refractivity contribution < 1.29 is 18.3 Å². The average molecular weight is 355 g/mol. The van der Waals surface area contributed by atoms with Crippen LogP contribution < -0.4 is 5.32 Å². The van der Waals surface area contributed by atoms with E-state index in [1.165, 1.54) is 18.2 Å². The number of carbonyl (C=O) groups excluding carboxylic acids is 1. The SMILES string of the molecule is Cc1cc(NC(=O)CS(=O)(=O)c2ccc3ccccc3c2)ccc1O. The number of benzene rings is 3. The highest BCUT2D eigenvalue weighted by Gasteiger charge is 2.20. The summed E-state index contributed by atoms with van der Waals surface area (Å²) in [6.45, 7) is 1.69. The third-order valence-electron chi connectivity index (χ3n) is 3.88. The van der Waals surface area contributed by atoms with E-state index in [9.17, 15) is 18.3 Å². The number of hydrogen-bond donors (Lipinski definition) is 2. The largest absolute Gasteiger partial charge is 0.508 e. The first-order valence-corrected chi connectivity index (χ1v) is 9.31. The number of nitrogens with one attached hydrogen (secondary N) is 1. The number of fused-ring (bicyclic) bond motifs is 1. The van der Waals surface area contributed by atoms with Gasteiger partial charge >= 0.3 is 0 Å². The van der Waals surface area contributed by atoms with Crippen molar-refractivity contribution in [1.82, 2.24) is 0 Å². The minimum absolute atomic E-state index is 0.113. The lowest BCUT2D eigenvalue weighted by Gasteiger charge is -2.08. The molecule has 2 N–H and O–H groups in total. The van der Waals surface area contributed by atoms with Crippen molar-refractivity contribution in [2.75, 3.05) is 11.1 Å². The van der Waals surface area contributed by atoms with Crippen LogP contribution in [-0.4, -0.2) is 25.2 Å². The zero-order valence-electron chi connectivity index (χ0n) is 13.6. The molecule has 0 aliphatic rings. The highest BCUT2D eigenvalue weighted by atomic mass is 32.2. The Labute approximate surface area is 145 Å². The first-order chi connectivity index (χ1) is 11.8. The van der Waals surface area contributed by atoms with Gasteiger partial charge in [0.05, 0.1) is 4.90 Å². The molecule has 6 heteroatoms. The minimum atomic E-state index is -3.75. The third kappa shape index (κ3) is 3.80. The van der Waals surface area contributed by atoms with E-state index in [1.54, 1.807) is 25.1 Å². The van der Waals surface area contributed by atoms with E-state index in [-0.39, 0.29) is 10.6 Å². The Morgan fingerprint density at radius 1 is 1.00 bits per heavy atom. The number of phenolic OH excluding ortho intramolecular Hbond substituents is 1. The molecular weight excluding hydrogens is 338 g/mol. The molecule has 0 radical (unpaired) electrons. The fourth-order valence-electron chi connectivity index (χ4n) is 2.55. The number of aromatic hydroxyl groups is 1. The molecule has 0 saturated carbocycles. The molecule has 0 bridgehead atoms. The summed E-state index contributed by atoms with van der Waals surface area (Å²) in [6.07, 6.45) is 0. The van der Waals surface area contributed by atoms with Gasteiger partial charge in [-0.25, -0.2) is 8.42 Å². The zero-order valence-corrected chi connectivity index (χ0v) is 14.4. The van der Waals surface area contributed by atoms with Crippen LogP contribution in [0.1, 0.15) is 5.56 Å². The van der Waals surface area contributed by atoms with Crippen LogP contribution in [0.5, 0.6) is 5.75 Å². The van der Waals surface area contributed by atoms with Crippen molar-refractivity contribution in [2.45, 2.75) is 11.8 Å². The van der Waals surface area contributed by atoms with Crippen molar-refractivity contribution in [3.8, 4) is 5.75 Å². The summed E-state index contributed by atoms with van der Waals surface area (Å²) < 4.78 is 25.0. The molecule has 1 amide bonds. The van der Waals surface area contributed by atoms with Crippen molar-refractivity contribution in [3.63, 3.8) is 0 Å². The maximum absolute atomic E-state index is 12.5. The lowest BCUT2D eigenvalue weighted by atomic mass is 10.1. The van der Waals surface area contributed by atoms with Gasteiger partial charge in [0.2, 0.25) is 5.91 Å². The van der Waals surface area contributed by atoms with Gasteiger partial charge in [-0.1, -0.05) is 30.3 Å². The second-order valence-corrected chi connectivity index (χ2v) is 7.81. The molecular formula is C19H17NO4S. The van der Waals surface area contributed by atoms with Gasteiger partial charge in [0.1, 0.15) is 11.5 Å². The van der Waals surface area contributed by atoms with E-state index in [1.807, 2.05) is 24.3 Å². The summed E-state index contributed by atoms with van der Waals surface area (Å²) in [5, 5.41) is 13.8. The highest BCUT2D eigenvalue weighted by Crippen LogP contribution is 2.22. The van der Waals surface area contributed by atoms with Gasteiger partial charge in [-0.15, -0.1) is 0 Å². The van der Waals surface area contributed by atoms with Gasteiger partial charge in [0.25, 0.3) is 0 Å². The van der Waals surface area contributed by atoms with E-state index >= 15 is 0 Å². The molecule has 3 aromatic rings. The Balaban J connectivity index is 1.79. The standard InChI is InChI=1S/C19H17NO4S/c1-13-10-16(7-9-18(13)21)20-19(22)12-25(23,24)17-8-6-14-4-2-3-5-15(14)11-17/h2-11,21H,12H2,1H3,(H,20,22).